The first kappa shape index (κ1) is 15.5. The number of aliphatic hydroxyl groups is 1. The predicted molar refractivity (Wildman–Crippen MR) is 78.2 cm³/mol. The molecule has 1 atom stereocenters. The van der Waals surface area contributed by atoms with Crippen molar-refractivity contribution in [3.05, 3.63) is 35.6 Å². The largest absolute Gasteiger partial charge is 0.390 e. The second kappa shape index (κ2) is 7.19. The molecule has 0 aliphatic heterocycles. The summed E-state index contributed by atoms with van der Waals surface area (Å²) < 4.78 is 18.9. The van der Waals surface area contributed by atoms with Crippen LogP contribution in [0.1, 0.15) is 51.0 Å². The summed E-state index contributed by atoms with van der Waals surface area (Å²) in [5, 5.41) is 10.7. The van der Waals surface area contributed by atoms with Crippen molar-refractivity contribution in [1.29, 1.82) is 0 Å². The van der Waals surface area contributed by atoms with Gasteiger partial charge in [0.15, 0.2) is 0 Å². The van der Waals surface area contributed by atoms with E-state index in [1.54, 1.807) is 12.1 Å². The Morgan fingerprint density at radius 2 is 1.75 bits per heavy atom. The molecule has 1 aromatic carbocycles. The Labute approximate surface area is 121 Å². The molecule has 2 nitrogen and oxygen atoms in total. The van der Waals surface area contributed by atoms with Crippen LogP contribution in [0.15, 0.2) is 24.3 Å². The lowest BCUT2D eigenvalue weighted by molar-refractivity contribution is -0.128. The molecule has 0 radical (unpaired) electrons. The van der Waals surface area contributed by atoms with Gasteiger partial charge in [-0.1, -0.05) is 37.8 Å². The molecule has 1 unspecified atom stereocenters. The van der Waals surface area contributed by atoms with Crippen LogP contribution in [0, 0.1) is 5.82 Å². The minimum Gasteiger partial charge on any atom is -0.390 e. The van der Waals surface area contributed by atoms with Crippen LogP contribution in [0.5, 0.6) is 0 Å². The molecule has 1 N–H and O–H groups in total. The average Bonchev–Trinajstić information content (AvgIpc) is 2.68. The minimum absolute atomic E-state index is 0.239. The first-order valence-electron chi connectivity index (χ1n) is 7.73. The van der Waals surface area contributed by atoms with Crippen LogP contribution >= 0.6 is 0 Å². The van der Waals surface area contributed by atoms with Crippen LogP contribution in [0.25, 0.3) is 0 Å². The molecule has 0 spiro atoms. The van der Waals surface area contributed by atoms with E-state index in [4.69, 9.17) is 4.74 Å². The van der Waals surface area contributed by atoms with Crippen molar-refractivity contribution in [3.8, 4) is 0 Å². The summed E-state index contributed by atoms with van der Waals surface area (Å²) in [6, 6.07) is 6.38. The van der Waals surface area contributed by atoms with E-state index < -0.39 is 11.7 Å². The van der Waals surface area contributed by atoms with Gasteiger partial charge in [-0.15, -0.1) is 0 Å². The summed E-state index contributed by atoms with van der Waals surface area (Å²) in [5.74, 6) is -0.239. The Bertz CT molecular complexity index is 394. The fourth-order valence-corrected chi connectivity index (χ4v) is 3.22. The summed E-state index contributed by atoms with van der Waals surface area (Å²) in [4.78, 5) is 0. The van der Waals surface area contributed by atoms with Crippen molar-refractivity contribution in [3.63, 3.8) is 0 Å². The molecule has 0 aromatic heterocycles. The lowest BCUT2D eigenvalue weighted by Gasteiger charge is -2.37. The van der Waals surface area contributed by atoms with Gasteiger partial charge in [0.1, 0.15) is 5.82 Å². The molecule has 1 saturated carbocycles. The Hall–Kier alpha value is -0.930. The molecule has 20 heavy (non-hydrogen) atoms. The summed E-state index contributed by atoms with van der Waals surface area (Å²) in [7, 11) is 0. The zero-order chi connectivity index (χ0) is 14.4. The zero-order valence-corrected chi connectivity index (χ0v) is 12.3. The normalized spacial score (nSPS) is 20.4. The van der Waals surface area contributed by atoms with Crippen LogP contribution in [-0.4, -0.2) is 23.4 Å². The number of halogens is 1. The summed E-state index contributed by atoms with van der Waals surface area (Å²) in [5.41, 5.74) is 0.543. The number of aliphatic hydroxyl groups excluding tert-OH is 1. The Morgan fingerprint density at radius 1 is 1.15 bits per heavy atom. The number of hydrogen-bond acceptors (Lipinski definition) is 2. The van der Waals surface area contributed by atoms with E-state index in [1.165, 1.54) is 25.0 Å². The lowest BCUT2D eigenvalue weighted by atomic mass is 9.84. The Kier molecular flexibility index (Phi) is 5.55. The second-order valence-corrected chi connectivity index (χ2v) is 5.76. The molecule has 112 valence electrons. The molecule has 1 fully saturated rings. The van der Waals surface area contributed by atoms with Crippen LogP contribution in [0.2, 0.25) is 0 Å². The van der Waals surface area contributed by atoms with Gasteiger partial charge < -0.3 is 9.84 Å². The van der Waals surface area contributed by atoms with E-state index in [-0.39, 0.29) is 5.82 Å². The molecule has 1 aliphatic rings. The van der Waals surface area contributed by atoms with Crippen molar-refractivity contribution in [2.24, 2.45) is 0 Å². The highest BCUT2D eigenvalue weighted by Gasteiger charge is 2.38. The van der Waals surface area contributed by atoms with Crippen LogP contribution in [-0.2, 0) is 11.2 Å². The van der Waals surface area contributed by atoms with Gasteiger partial charge in [0.2, 0.25) is 0 Å². The van der Waals surface area contributed by atoms with Crippen LogP contribution in [0.4, 0.5) is 4.39 Å². The molecule has 1 aliphatic carbocycles. The maximum absolute atomic E-state index is 12.9. The molecular weight excluding hydrogens is 255 g/mol. The Balaban J connectivity index is 2.09. The fraction of sp³-hybridized carbons (Fsp3) is 0.647. The van der Waals surface area contributed by atoms with Crippen LogP contribution in [0.3, 0.4) is 0 Å². The molecule has 1 aromatic rings. The second-order valence-electron chi connectivity index (χ2n) is 5.76. The topological polar surface area (TPSA) is 29.5 Å². The molecule has 3 heteroatoms. The Morgan fingerprint density at radius 3 is 2.30 bits per heavy atom. The first-order valence-corrected chi connectivity index (χ1v) is 7.73. The third kappa shape index (κ3) is 3.80. The van der Waals surface area contributed by atoms with E-state index in [9.17, 15) is 9.50 Å². The maximum atomic E-state index is 12.9. The highest BCUT2D eigenvalue weighted by atomic mass is 19.1. The summed E-state index contributed by atoms with van der Waals surface area (Å²) in [6.07, 6.45) is 6.51. The summed E-state index contributed by atoms with van der Waals surface area (Å²) in [6.45, 7) is 2.61. The number of hydrogen-bond donors (Lipinski definition) is 1. The molecule has 0 amide bonds. The van der Waals surface area contributed by atoms with Crippen LogP contribution < -0.4 is 0 Å². The van der Waals surface area contributed by atoms with Gasteiger partial charge in [0.05, 0.1) is 11.7 Å². The van der Waals surface area contributed by atoms with Gasteiger partial charge in [-0.2, -0.15) is 0 Å². The molecular formula is C17H25FO2. The fourth-order valence-electron chi connectivity index (χ4n) is 3.22. The highest BCUT2D eigenvalue weighted by Crippen LogP contribution is 2.34. The van der Waals surface area contributed by atoms with Crippen molar-refractivity contribution < 1.29 is 14.2 Å². The SMILES string of the molecule is CCOC1(C(O)Cc2ccc(F)cc2)CCCCCC1. The van der Waals surface area contributed by atoms with Gasteiger partial charge >= 0.3 is 0 Å². The van der Waals surface area contributed by atoms with Gasteiger partial charge in [-0.3, -0.25) is 0 Å². The van der Waals surface area contributed by atoms with Gasteiger partial charge in [-0.25, -0.2) is 4.39 Å². The van der Waals surface area contributed by atoms with E-state index in [0.717, 1.165) is 31.2 Å². The van der Waals surface area contributed by atoms with E-state index >= 15 is 0 Å². The van der Waals surface area contributed by atoms with Crippen molar-refractivity contribution in [1.82, 2.24) is 0 Å². The monoisotopic (exact) mass is 280 g/mol. The standard InChI is InChI=1S/C17H25FO2/c1-2-20-17(11-5-3-4-6-12-17)16(19)13-14-7-9-15(18)10-8-14/h7-10,16,19H,2-6,11-13H2,1H3. The zero-order valence-electron chi connectivity index (χ0n) is 12.3. The van der Waals surface area contributed by atoms with Crippen molar-refractivity contribution in [2.45, 2.75) is 63.6 Å². The minimum atomic E-state index is -0.522. The lowest BCUT2D eigenvalue weighted by Crippen LogP contribution is -2.46. The van der Waals surface area contributed by atoms with Gasteiger partial charge in [-0.05, 0) is 37.5 Å². The smallest absolute Gasteiger partial charge is 0.123 e. The number of benzene rings is 1. The average molecular weight is 280 g/mol. The number of ether oxygens (including phenoxy) is 1. The van der Waals surface area contributed by atoms with Gasteiger partial charge in [0.25, 0.3) is 0 Å². The van der Waals surface area contributed by atoms with Crippen molar-refractivity contribution >= 4 is 0 Å². The molecule has 0 bridgehead atoms. The van der Waals surface area contributed by atoms with E-state index in [2.05, 4.69) is 0 Å². The van der Waals surface area contributed by atoms with Gasteiger partial charge in [0, 0.05) is 13.0 Å². The quantitative estimate of drug-likeness (QED) is 0.830. The molecule has 2 rings (SSSR count). The predicted octanol–water partition coefficient (Wildman–Crippen LogP) is 3.86. The first-order chi connectivity index (χ1) is 9.66. The maximum Gasteiger partial charge on any atom is 0.123 e. The summed E-state index contributed by atoms with van der Waals surface area (Å²) >= 11 is 0. The molecule has 0 saturated heterocycles. The van der Waals surface area contributed by atoms with E-state index in [1.807, 2.05) is 6.92 Å². The van der Waals surface area contributed by atoms with E-state index in [0.29, 0.717) is 13.0 Å². The number of rotatable bonds is 5. The third-order valence-corrected chi connectivity index (χ3v) is 4.33. The van der Waals surface area contributed by atoms with Crippen molar-refractivity contribution in [2.75, 3.05) is 6.61 Å². The third-order valence-electron chi connectivity index (χ3n) is 4.33. The highest BCUT2D eigenvalue weighted by molar-refractivity contribution is 5.17. The molecule has 0 heterocycles.